The van der Waals surface area contributed by atoms with Gasteiger partial charge in [-0.25, -0.2) is 4.79 Å². The number of amides is 3. The summed E-state index contributed by atoms with van der Waals surface area (Å²) in [5.74, 6) is -1.04. The molecule has 0 radical (unpaired) electrons. The van der Waals surface area contributed by atoms with Crippen molar-refractivity contribution in [2.75, 3.05) is 6.54 Å². The third kappa shape index (κ3) is 4.15. The number of esters is 1. The molecule has 30 heavy (non-hydrogen) atoms. The molecule has 7 heteroatoms. The van der Waals surface area contributed by atoms with E-state index in [0.29, 0.717) is 11.8 Å². The molecule has 160 valence electrons. The summed E-state index contributed by atoms with van der Waals surface area (Å²) in [6.45, 7) is 9.48. The van der Waals surface area contributed by atoms with Gasteiger partial charge in [-0.2, -0.15) is 0 Å². The minimum atomic E-state index is -0.968. The molecule has 2 aliphatic rings. The van der Waals surface area contributed by atoms with E-state index in [-0.39, 0.29) is 35.2 Å². The molecular formula is C23H28N2O5. The molecule has 3 rings (SSSR count). The number of rotatable bonds is 6. The highest BCUT2D eigenvalue weighted by Gasteiger charge is 2.36. The predicted octanol–water partition coefficient (Wildman–Crippen LogP) is 2.95. The van der Waals surface area contributed by atoms with Gasteiger partial charge in [0.15, 0.2) is 6.10 Å². The van der Waals surface area contributed by atoms with Crippen LogP contribution in [0.2, 0.25) is 0 Å². The zero-order valence-corrected chi connectivity index (χ0v) is 17.6. The topological polar surface area (TPSA) is 92.8 Å². The maximum atomic E-state index is 12.5. The number of carbonyl (C=O) groups excluding carboxylic acids is 4. The fraction of sp³-hybridized carbons (Fsp3) is 0.478. The molecule has 1 saturated carbocycles. The van der Waals surface area contributed by atoms with Gasteiger partial charge in [0.25, 0.3) is 17.7 Å². The van der Waals surface area contributed by atoms with Gasteiger partial charge in [-0.1, -0.05) is 32.8 Å². The number of nitrogens with one attached hydrogen (secondary N) is 1. The summed E-state index contributed by atoms with van der Waals surface area (Å²) >= 11 is 0. The Morgan fingerprint density at radius 2 is 1.93 bits per heavy atom. The van der Waals surface area contributed by atoms with Gasteiger partial charge in [0, 0.05) is 12.6 Å². The third-order valence-electron chi connectivity index (χ3n) is 6.21. The molecule has 1 fully saturated rings. The van der Waals surface area contributed by atoms with Crippen LogP contribution in [0.1, 0.15) is 71.1 Å². The lowest BCUT2D eigenvalue weighted by atomic mass is 9.78. The largest absolute Gasteiger partial charge is 0.449 e. The van der Waals surface area contributed by atoms with Crippen LogP contribution < -0.4 is 5.32 Å². The van der Waals surface area contributed by atoms with Gasteiger partial charge >= 0.3 is 5.97 Å². The normalized spacial score (nSPS) is 24.2. The summed E-state index contributed by atoms with van der Waals surface area (Å²) in [7, 11) is 0. The van der Waals surface area contributed by atoms with E-state index in [9.17, 15) is 19.2 Å². The molecule has 1 aliphatic heterocycles. The van der Waals surface area contributed by atoms with E-state index in [0.717, 1.165) is 24.2 Å². The van der Waals surface area contributed by atoms with Crippen LogP contribution in [-0.4, -0.2) is 47.3 Å². The Bertz CT molecular complexity index is 894. The Balaban J connectivity index is 1.65. The van der Waals surface area contributed by atoms with Crippen LogP contribution in [0.5, 0.6) is 0 Å². The zero-order chi connectivity index (χ0) is 22.0. The minimum absolute atomic E-state index is 0.0712. The van der Waals surface area contributed by atoms with Gasteiger partial charge in [0.05, 0.1) is 16.7 Å². The first-order valence-electron chi connectivity index (χ1n) is 10.4. The van der Waals surface area contributed by atoms with E-state index in [1.807, 2.05) is 0 Å². The summed E-state index contributed by atoms with van der Waals surface area (Å²) < 4.78 is 5.32. The number of hydrogen-bond donors (Lipinski definition) is 1. The van der Waals surface area contributed by atoms with Gasteiger partial charge in [-0.05, 0) is 43.4 Å². The summed E-state index contributed by atoms with van der Waals surface area (Å²) in [6.07, 6.45) is 3.63. The van der Waals surface area contributed by atoms with Crippen molar-refractivity contribution in [2.45, 2.75) is 52.2 Å². The van der Waals surface area contributed by atoms with Crippen molar-refractivity contribution < 1.29 is 23.9 Å². The number of nitrogens with zero attached hydrogens (tertiary/aromatic N) is 1. The Labute approximate surface area is 176 Å². The van der Waals surface area contributed by atoms with Gasteiger partial charge < -0.3 is 10.1 Å². The maximum absolute atomic E-state index is 12.5. The first-order valence-corrected chi connectivity index (χ1v) is 10.4. The molecule has 1 N–H and O–H groups in total. The summed E-state index contributed by atoms with van der Waals surface area (Å²) in [6, 6.07) is 4.28. The van der Waals surface area contributed by atoms with Gasteiger partial charge in [-0.3, -0.25) is 19.3 Å². The first kappa shape index (κ1) is 21.7. The standard InChI is InChI=1S/C23H28N2O5/c1-5-11-25-21(27)17-10-9-16(12-18(17)22(25)28)23(29)30-15(4)20(26)24-19-8-6-7-13(2)14(19)3/h5,9-10,12-15,19H,1,6-8,11H2,2-4H3,(H,24,26)/t13-,14-,15-,19-/m1/s1. The molecule has 0 saturated heterocycles. The second-order valence-electron chi connectivity index (χ2n) is 8.20. The number of ether oxygens (including phenoxy) is 1. The fourth-order valence-electron chi connectivity index (χ4n) is 4.08. The van der Waals surface area contributed by atoms with Gasteiger partial charge in [-0.15, -0.1) is 6.58 Å². The number of benzene rings is 1. The van der Waals surface area contributed by atoms with E-state index in [2.05, 4.69) is 25.7 Å². The molecular weight excluding hydrogens is 384 g/mol. The lowest BCUT2D eigenvalue weighted by molar-refractivity contribution is -0.130. The highest BCUT2D eigenvalue weighted by molar-refractivity contribution is 6.22. The van der Waals surface area contributed by atoms with Crippen molar-refractivity contribution in [1.82, 2.24) is 10.2 Å². The van der Waals surface area contributed by atoms with E-state index in [1.54, 1.807) is 0 Å². The SMILES string of the molecule is C=CCN1C(=O)c2ccc(C(=O)O[C@H](C)C(=O)N[C@@H]3CCC[C@@H](C)[C@H]3C)cc2C1=O. The van der Waals surface area contributed by atoms with Crippen molar-refractivity contribution in [3.63, 3.8) is 0 Å². The predicted molar refractivity (Wildman–Crippen MR) is 111 cm³/mol. The second kappa shape index (κ2) is 8.81. The molecule has 1 aliphatic carbocycles. The van der Waals surface area contributed by atoms with Crippen molar-refractivity contribution in [2.24, 2.45) is 11.8 Å². The zero-order valence-electron chi connectivity index (χ0n) is 17.6. The Morgan fingerprint density at radius 3 is 2.63 bits per heavy atom. The van der Waals surface area contributed by atoms with Crippen molar-refractivity contribution >= 4 is 23.7 Å². The van der Waals surface area contributed by atoms with E-state index in [1.165, 1.54) is 31.2 Å². The molecule has 0 unspecified atom stereocenters. The molecule has 3 amide bonds. The van der Waals surface area contributed by atoms with Crippen molar-refractivity contribution in [3.8, 4) is 0 Å². The number of hydrogen-bond acceptors (Lipinski definition) is 5. The molecule has 1 aromatic carbocycles. The highest BCUT2D eigenvalue weighted by atomic mass is 16.5. The smallest absolute Gasteiger partial charge is 0.338 e. The van der Waals surface area contributed by atoms with Crippen LogP contribution >= 0.6 is 0 Å². The highest BCUT2D eigenvalue weighted by Crippen LogP contribution is 2.29. The van der Waals surface area contributed by atoms with Crippen LogP contribution in [0.4, 0.5) is 0 Å². The molecule has 4 atom stereocenters. The Morgan fingerprint density at radius 1 is 1.23 bits per heavy atom. The molecule has 0 aromatic heterocycles. The Kier molecular flexibility index (Phi) is 6.39. The first-order chi connectivity index (χ1) is 14.2. The van der Waals surface area contributed by atoms with Crippen LogP contribution in [0, 0.1) is 11.8 Å². The van der Waals surface area contributed by atoms with E-state index < -0.39 is 23.9 Å². The summed E-state index contributed by atoms with van der Waals surface area (Å²) in [4.78, 5) is 50.8. The lowest BCUT2D eigenvalue weighted by Crippen LogP contribution is -2.47. The van der Waals surface area contributed by atoms with Crippen LogP contribution in [0.3, 0.4) is 0 Å². The van der Waals surface area contributed by atoms with Crippen LogP contribution in [0.25, 0.3) is 0 Å². The second-order valence-corrected chi connectivity index (χ2v) is 8.20. The third-order valence-corrected chi connectivity index (χ3v) is 6.21. The minimum Gasteiger partial charge on any atom is -0.449 e. The number of fused-ring (bicyclic) bond motifs is 1. The molecule has 0 spiro atoms. The molecule has 1 aromatic rings. The fourth-order valence-corrected chi connectivity index (χ4v) is 4.08. The average Bonchev–Trinajstić information content (AvgIpc) is 2.96. The average molecular weight is 412 g/mol. The molecule has 0 bridgehead atoms. The summed E-state index contributed by atoms with van der Waals surface area (Å²) in [5.41, 5.74) is 0.512. The van der Waals surface area contributed by atoms with Gasteiger partial charge in [0.2, 0.25) is 0 Å². The Hall–Kier alpha value is -2.96. The van der Waals surface area contributed by atoms with Crippen LogP contribution in [0.15, 0.2) is 30.9 Å². The van der Waals surface area contributed by atoms with Crippen molar-refractivity contribution in [3.05, 3.63) is 47.5 Å². The van der Waals surface area contributed by atoms with E-state index in [4.69, 9.17) is 4.74 Å². The monoisotopic (exact) mass is 412 g/mol. The molecule has 1 heterocycles. The van der Waals surface area contributed by atoms with Crippen LogP contribution in [-0.2, 0) is 9.53 Å². The number of imide groups is 1. The molecule has 7 nitrogen and oxygen atoms in total. The quantitative estimate of drug-likeness (QED) is 0.441. The van der Waals surface area contributed by atoms with Crippen molar-refractivity contribution in [1.29, 1.82) is 0 Å². The van der Waals surface area contributed by atoms with Gasteiger partial charge in [0.1, 0.15) is 0 Å². The maximum Gasteiger partial charge on any atom is 0.338 e. The summed E-state index contributed by atoms with van der Waals surface area (Å²) in [5, 5.41) is 3.00. The number of carbonyl (C=O) groups is 4. The van der Waals surface area contributed by atoms with E-state index >= 15 is 0 Å². The lowest BCUT2D eigenvalue weighted by Gasteiger charge is -2.35.